The number of carbonyl (C=O) groups excluding carboxylic acids is 2. The van der Waals surface area contributed by atoms with Gasteiger partial charge in [0.05, 0.1) is 24.8 Å². The number of Topliss-reactive ketones (excluding diaryl/α,β-unsaturated/α-hetero) is 1. The molecule has 1 fully saturated rings. The van der Waals surface area contributed by atoms with Gasteiger partial charge in [0, 0.05) is 24.5 Å². The SMILES string of the molecule is CCCOc1ccc([C@H]2C(=C(O)c3ccc4c(c3)OCCO4)C(=O)C(=O)N2Cc2ccncc2)cc1OCC. The van der Waals surface area contributed by atoms with E-state index in [9.17, 15) is 14.7 Å². The summed E-state index contributed by atoms with van der Waals surface area (Å²) in [5, 5.41) is 11.5. The van der Waals surface area contributed by atoms with Crippen molar-refractivity contribution in [3.05, 3.63) is 83.2 Å². The second-order valence-corrected chi connectivity index (χ2v) is 9.13. The number of fused-ring (bicyclic) bond motifs is 1. The van der Waals surface area contributed by atoms with E-state index in [2.05, 4.69) is 4.98 Å². The molecule has 0 radical (unpaired) electrons. The zero-order chi connectivity index (χ0) is 27.4. The van der Waals surface area contributed by atoms with Gasteiger partial charge in [0.25, 0.3) is 11.7 Å². The highest BCUT2D eigenvalue weighted by molar-refractivity contribution is 6.46. The van der Waals surface area contributed by atoms with Crippen LogP contribution in [0.1, 0.15) is 43.0 Å². The Labute approximate surface area is 226 Å². The molecule has 2 aliphatic heterocycles. The van der Waals surface area contributed by atoms with Crippen molar-refractivity contribution in [1.82, 2.24) is 9.88 Å². The molecule has 202 valence electrons. The molecule has 0 aliphatic carbocycles. The van der Waals surface area contributed by atoms with Crippen molar-refractivity contribution in [1.29, 1.82) is 0 Å². The maximum atomic E-state index is 13.5. The van der Waals surface area contributed by atoms with Gasteiger partial charge in [0.2, 0.25) is 0 Å². The van der Waals surface area contributed by atoms with Crippen LogP contribution in [0.5, 0.6) is 23.0 Å². The Morgan fingerprint density at radius 3 is 2.49 bits per heavy atom. The van der Waals surface area contributed by atoms with E-state index in [1.165, 1.54) is 4.90 Å². The number of pyridine rings is 1. The lowest BCUT2D eigenvalue weighted by atomic mass is 9.94. The van der Waals surface area contributed by atoms with Crippen LogP contribution in [0, 0.1) is 0 Å². The van der Waals surface area contributed by atoms with Gasteiger partial charge in [-0.1, -0.05) is 13.0 Å². The summed E-state index contributed by atoms with van der Waals surface area (Å²) < 4.78 is 23.0. The molecule has 0 spiro atoms. The first-order chi connectivity index (χ1) is 19.0. The van der Waals surface area contributed by atoms with E-state index in [1.54, 1.807) is 60.9 Å². The number of nitrogens with zero attached hydrogens (tertiary/aromatic N) is 2. The molecule has 9 nitrogen and oxygen atoms in total. The number of ether oxygens (including phenoxy) is 4. The first-order valence-electron chi connectivity index (χ1n) is 13.0. The van der Waals surface area contributed by atoms with Crippen LogP contribution >= 0.6 is 0 Å². The van der Waals surface area contributed by atoms with E-state index in [-0.39, 0.29) is 17.9 Å². The Kier molecular flexibility index (Phi) is 7.67. The smallest absolute Gasteiger partial charge is 0.295 e. The molecule has 0 saturated carbocycles. The molecule has 1 N–H and O–H groups in total. The lowest BCUT2D eigenvalue weighted by Gasteiger charge is -2.26. The Bertz CT molecular complexity index is 1400. The van der Waals surface area contributed by atoms with Gasteiger partial charge in [-0.15, -0.1) is 0 Å². The van der Waals surface area contributed by atoms with Gasteiger partial charge >= 0.3 is 0 Å². The number of aliphatic hydroxyl groups is 1. The molecule has 2 aliphatic rings. The number of amides is 1. The number of carbonyl (C=O) groups is 2. The van der Waals surface area contributed by atoms with Crippen LogP contribution in [-0.4, -0.2) is 53.1 Å². The number of benzene rings is 2. The largest absolute Gasteiger partial charge is 0.507 e. The van der Waals surface area contributed by atoms with Gasteiger partial charge in [0.1, 0.15) is 19.0 Å². The van der Waals surface area contributed by atoms with Crippen LogP contribution in [-0.2, 0) is 16.1 Å². The monoisotopic (exact) mass is 530 g/mol. The van der Waals surface area contributed by atoms with E-state index in [0.29, 0.717) is 60.6 Å². The average molecular weight is 531 g/mol. The molecule has 1 amide bonds. The third-order valence-electron chi connectivity index (χ3n) is 6.50. The molecule has 2 aromatic carbocycles. The number of aromatic nitrogens is 1. The second-order valence-electron chi connectivity index (χ2n) is 9.13. The number of ketones is 1. The molecule has 1 atom stereocenters. The van der Waals surface area contributed by atoms with Crippen molar-refractivity contribution in [2.45, 2.75) is 32.9 Å². The zero-order valence-electron chi connectivity index (χ0n) is 21.9. The fourth-order valence-corrected chi connectivity index (χ4v) is 4.71. The summed E-state index contributed by atoms with van der Waals surface area (Å²) in [7, 11) is 0. The van der Waals surface area contributed by atoms with Crippen LogP contribution < -0.4 is 18.9 Å². The Hall–Kier alpha value is -4.53. The first-order valence-corrected chi connectivity index (χ1v) is 13.0. The lowest BCUT2D eigenvalue weighted by molar-refractivity contribution is -0.140. The average Bonchev–Trinajstić information content (AvgIpc) is 3.21. The minimum Gasteiger partial charge on any atom is -0.507 e. The predicted molar refractivity (Wildman–Crippen MR) is 143 cm³/mol. The van der Waals surface area contributed by atoms with Gasteiger partial charge in [-0.2, -0.15) is 0 Å². The summed E-state index contributed by atoms with van der Waals surface area (Å²) in [6, 6.07) is 13.0. The number of rotatable bonds is 9. The zero-order valence-corrected chi connectivity index (χ0v) is 21.9. The van der Waals surface area contributed by atoms with Gasteiger partial charge < -0.3 is 29.0 Å². The molecular formula is C30H30N2O7. The molecule has 3 aromatic rings. The molecule has 1 saturated heterocycles. The highest BCUT2D eigenvalue weighted by atomic mass is 16.6. The Morgan fingerprint density at radius 1 is 0.974 bits per heavy atom. The minimum atomic E-state index is -0.870. The summed E-state index contributed by atoms with van der Waals surface area (Å²) in [5.41, 5.74) is 1.73. The van der Waals surface area contributed by atoms with Crippen LogP contribution in [0.25, 0.3) is 5.76 Å². The van der Waals surface area contributed by atoms with Crippen LogP contribution in [0.2, 0.25) is 0 Å². The molecule has 5 rings (SSSR count). The number of likely N-dealkylation sites (tertiary alicyclic amines) is 1. The molecule has 0 bridgehead atoms. The van der Waals surface area contributed by atoms with E-state index in [4.69, 9.17) is 18.9 Å². The Morgan fingerprint density at radius 2 is 1.74 bits per heavy atom. The number of aliphatic hydroxyl groups excluding tert-OH is 1. The summed E-state index contributed by atoms with van der Waals surface area (Å²) >= 11 is 0. The lowest BCUT2D eigenvalue weighted by Crippen LogP contribution is -2.29. The third-order valence-corrected chi connectivity index (χ3v) is 6.50. The number of hydrogen-bond acceptors (Lipinski definition) is 8. The predicted octanol–water partition coefficient (Wildman–Crippen LogP) is 4.66. The molecule has 39 heavy (non-hydrogen) atoms. The van der Waals surface area contributed by atoms with Crippen molar-refractivity contribution in [2.75, 3.05) is 26.4 Å². The molecular weight excluding hydrogens is 500 g/mol. The third kappa shape index (κ3) is 5.25. The maximum Gasteiger partial charge on any atom is 0.295 e. The second kappa shape index (κ2) is 11.5. The van der Waals surface area contributed by atoms with Gasteiger partial charge in [-0.25, -0.2) is 0 Å². The number of hydrogen-bond donors (Lipinski definition) is 1. The summed E-state index contributed by atoms with van der Waals surface area (Å²) in [5.74, 6) is 0.306. The Balaban J connectivity index is 1.63. The van der Waals surface area contributed by atoms with Crippen molar-refractivity contribution in [2.24, 2.45) is 0 Å². The highest BCUT2D eigenvalue weighted by Crippen LogP contribution is 2.43. The van der Waals surface area contributed by atoms with Crippen molar-refractivity contribution in [3.8, 4) is 23.0 Å². The van der Waals surface area contributed by atoms with E-state index >= 15 is 0 Å². The topological polar surface area (TPSA) is 107 Å². The molecule has 0 unspecified atom stereocenters. The van der Waals surface area contributed by atoms with E-state index < -0.39 is 17.7 Å². The van der Waals surface area contributed by atoms with Crippen molar-refractivity contribution < 1.29 is 33.6 Å². The van der Waals surface area contributed by atoms with Crippen LogP contribution in [0.15, 0.2) is 66.5 Å². The van der Waals surface area contributed by atoms with Crippen molar-refractivity contribution in [3.63, 3.8) is 0 Å². The summed E-state index contributed by atoms with van der Waals surface area (Å²) in [6.07, 6.45) is 4.08. The fourth-order valence-electron chi connectivity index (χ4n) is 4.71. The maximum absolute atomic E-state index is 13.5. The van der Waals surface area contributed by atoms with E-state index in [0.717, 1.165) is 12.0 Å². The standard InChI is InChI=1S/C30H30N2O7/c1-3-13-37-22-7-5-20(16-24(22)36-4-2)27-26(28(33)21-6-8-23-25(17-21)39-15-14-38-23)29(34)30(35)32(27)18-19-9-11-31-12-10-19/h5-12,16-17,27,33H,3-4,13-15,18H2,1-2H3/t27-/m0/s1. The van der Waals surface area contributed by atoms with Crippen LogP contribution in [0.3, 0.4) is 0 Å². The fraction of sp³-hybridized carbons (Fsp3) is 0.300. The quantitative estimate of drug-likeness (QED) is 0.242. The van der Waals surface area contributed by atoms with Crippen LogP contribution in [0.4, 0.5) is 0 Å². The molecule has 9 heteroatoms. The highest BCUT2D eigenvalue weighted by Gasteiger charge is 2.46. The molecule has 3 heterocycles. The van der Waals surface area contributed by atoms with Crippen molar-refractivity contribution >= 4 is 17.4 Å². The minimum absolute atomic E-state index is 0.0181. The summed E-state index contributed by atoms with van der Waals surface area (Å²) in [6.45, 7) is 5.75. The van der Waals surface area contributed by atoms with E-state index in [1.807, 2.05) is 13.8 Å². The van der Waals surface area contributed by atoms with Gasteiger partial charge in [-0.3, -0.25) is 14.6 Å². The molecule has 1 aromatic heterocycles. The van der Waals surface area contributed by atoms with Gasteiger partial charge in [0.15, 0.2) is 23.0 Å². The van der Waals surface area contributed by atoms with Gasteiger partial charge in [-0.05, 0) is 66.9 Å². The first kappa shape index (κ1) is 26.1. The summed E-state index contributed by atoms with van der Waals surface area (Å²) in [4.78, 5) is 32.4. The normalized spacial score (nSPS) is 17.8.